The molecule has 1 aromatic carbocycles. The summed E-state index contributed by atoms with van der Waals surface area (Å²) in [7, 11) is 3.21. The smallest absolute Gasteiger partial charge is 0.397 e. The average molecular weight is 398 g/mol. The van der Waals surface area contributed by atoms with E-state index in [2.05, 4.69) is 16.8 Å². The van der Waals surface area contributed by atoms with Gasteiger partial charge in [-0.25, -0.2) is 14.3 Å². The monoisotopic (exact) mass is 398 g/mol. The van der Waals surface area contributed by atoms with E-state index in [9.17, 15) is 14.4 Å². The van der Waals surface area contributed by atoms with E-state index in [0.29, 0.717) is 18.3 Å². The van der Waals surface area contributed by atoms with Crippen molar-refractivity contribution in [2.24, 2.45) is 10.9 Å². The molecule has 3 amide bonds. The van der Waals surface area contributed by atoms with Crippen LogP contribution in [0.1, 0.15) is 13.8 Å². The third kappa shape index (κ3) is 3.06. The lowest BCUT2D eigenvalue weighted by Gasteiger charge is -2.35. The van der Waals surface area contributed by atoms with Crippen LogP contribution in [0.4, 0.5) is 10.5 Å². The summed E-state index contributed by atoms with van der Waals surface area (Å²) >= 11 is 0. The number of fused-ring (bicyclic) bond motifs is 2. The molecule has 0 spiro atoms. The summed E-state index contributed by atoms with van der Waals surface area (Å²) in [5, 5.41) is 0. The van der Waals surface area contributed by atoms with Gasteiger partial charge in [-0.05, 0) is 31.2 Å². The number of Topliss-reactive ketones (excluding diaryl/α,β-unsaturated/α-hetero) is 1. The van der Waals surface area contributed by atoms with Gasteiger partial charge < -0.3 is 4.74 Å². The van der Waals surface area contributed by atoms with Gasteiger partial charge in [0, 0.05) is 13.0 Å². The molecule has 0 N–H and O–H groups in total. The number of aliphatic imine (C=N–C) groups is 1. The average Bonchev–Trinajstić information content (AvgIpc) is 3.08. The number of rotatable bonds is 4. The SMILES string of the molecule is COc1ccc(N2CC(C)C[N+]3=C2N=C2C3C(=O)N(CC(C)=O)C(=O)N2C)cc1. The Labute approximate surface area is 168 Å². The highest BCUT2D eigenvalue weighted by atomic mass is 16.5. The lowest BCUT2D eigenvalue weighted by Crippen LogP contribution is -2.64. The van der Waals surface area contributed by atoms with E-state index in [1.54, 1.807) is 14.2 Å². The molecule has 3 heterocycles. The summed E-state index contributed by atoms with van der Waals surface area (Å²) in [6.07, 6.45) is 0. The zero-order chi connectivity index (χ0) is 20.9. The number of anilines is 1. The van der Waals surface area contributed by atoms with Gasteiger partial charge in [0.1, 0.15) is 17.2 Å². The number of likely N-dealkylation sites (N-methyl/N-ethyl adjacent to an activating group) is 1. The zero-order valence-electron chi connectivity index (χ0n) is 17.0. The number of guanidine groups is 1. The van der Waals surface area contributed by atoms with Crippen molar-refractivity contribution >= 4 is 35.2 Å². The molecule has 0 aliphatic carbocycles. The number of nitrogens with zero attached hydrogens (tertiary/aromatic N) is 5. The van der Waals surface area contributed by atoms with E-state index in [4.69, 9.17) is 4.74 Å². The second-order valence-corrected chi connectivity index (χ2v) is 7.71. The Bertz CT molecular complexity index is 952. The van der Waals surface area contributed by atoms with Gasteiger partial charge in [0.2, 0.25) is 11.9 Å². The number of hydrogen-bond acceptors (Lipinski definition) is 6. The van der Waals surface area contributed by atoms with Crippen molar-refractivity contribution in [1.29, 1.82) is 0 Å². The zero-order valence-corrected chi connectivity index (χ0v) is 17.0. The molecule has 9 heteroatoms. The maximum Gasteiger partial charge on any atom is 0.397 e. The largest absolute Gasteiger partial charge is 0.497 e. The van der Waals surface area contributed by atoms with E-state index in [1.807, 2.05) is 28.8 Å². The van der Waals surface area contributed by atoms with Crippen LogP contribution >= 0.6 is 0 Å². The maximum atomic E-state index is 13.1. The highest BCUT2D eigenvalue weighted by molar-refractivity contribution is 6.24. The van der Waals surface area contributed by atoms with Crippen LogP contribution in [0.15, 0.2) is 29.3 Å². The van der Waals surface area contributed by atoms with Crippen LogP contribution in [0, 0.1) is 5.92 Å². The van der Waals surface area contributed by atoms with Gasteiger partial charge in [0.25, 0.3) is 5.91 Å². The Morgan fingerprint density at radius 3 is 2.59 bits per heavy atom. The van der Waals surface area contributed by atoms with Gasteiger partial charge in [-0.15, -0.1) is 0 Å². The lowest BCUT2D eigenvalue weighted by atomic mass is 10.1. The molecule has 9 nitrogen and oxygen atoms in total. The molecule has 152 valence electrons. The molecular formula is C20H24N5O4+. The number of urea groups is 1. The van der Waals surface area contributed by atoms with Gasteiger partial charge in [-0.2, -0.15) is 0 Å². The first-order valence-electron chi connectivity index (χ1n) is 9.54. The number of imide groups is 1. The predicted octanol–water partition coefficient (Wildman–Crippen LogP) is 0.784. The maximum absolute atomic E-state index is 13.1. The summed E-state index contributed by atoms with van der Waals surface area (Å²) < 4.78 is 7.18. The normalized spacial score (nSPS) is 23.9. The van der Waals surface area contributed by atoms with Crippen molar-refractivity contribution in [3.05, 3.63) is 24.3 Å². The number of amides is 3. The molecule has 1 saturated heterocycles. The Hall–Kier alpha value is -3.23. The van der Waals surface area contributed by atoms with E-state index in [0.717, 1.165) is 22.9 Å². The number of ether oxygens (including phenoxy) is 1. The van der Waals surface area contributed by atoms with Crippen molar-refractivity contribution in [3.8, 4) is 5.75 Å². The van der Waals surface area contributed by atoms with E-state index >= 15 is 0 Å². The molecule has 0 bridgehead atoms. The van der Waals surface area contributed by atoms with E-state index < -0.39 is 18.0 Å². The number of amidine groups is 1. The van der Waals surface area contributed by atoms with Crippen molar-refractivity contribution in [2.45, 2.75) is 19.9 Å². The Balaban J connectivity index is 1.75. The van der Waals surface area contributed by atoms with Crippen molar-refractivity contribution in [2.75, 3.05) is 38.7 Å². The third-order valence-electron chi connectivity index (χ3n) is 5.40. The fourth-order valence-electron chi connectivity index (χ4n) is 4.05. The molecule has 0 saturated carbocycles. The number of carbonyl (C=O) groups excluding carboxylic acids is 3. The van der Waals surface area contributed by atoms with E-state index in [1.165, 1.54) is 11.8 Å². The van der Waals surface area contributed by atoms with Crippen LogP contribution in [0.25, 0.3) is 0 Å². The van der Waals surface area contributed by atoms with Gasteiger partial charge in [0.05, 0.1) is 26.7 Å². The van der Waals surface area contributed by atoms with Crippen LogP contribution in [-0.2, 0) is 9.59 Å². The molecule has 2 unspecified atom stereocenters. The lowest BCUT2D eigenvalue weighted by molar-refractivity contribution is -0.545. The first kappa shape index (κ1) is 19.1. The Kier molecular flexibility index (Phi) is 4.60. The quantitative estimate of drug-likeness (QED) is 0.700. The fraction of sp³-hybridized carbons (Fsp3) is 0.450. The molecule has 0 aromatic heterocycles. The van der Waals surface area contributed by atoms with E-state index in [-0.39, 0.29) is 18.2 Å². The van der Waals surface area contributed by atoms with Gasteiger partial charge in [-0.3, -0.25) is 19.4 Å². The molecule has 1 aromatic rings. The van der Waals surface area contributed by atoms with Crippen LogP contribution < -0.4 is 9.64 Å². The minimum atomic E-state index is -0.699. The van der Waals surface area contributed by atoms with Crippen LogP contribution in [0.3, 0.4) is 0 Å². The molecule has 0 radical (unpaired) electrons. The molecule has 1 fully saturated rings. The van der Waals surface area contributed by atoms with Crippen molar-refractivity contribution < 1.29 is 23.7 Å². The fourth-order valence-corrected chi connectivity index (χ4v) is 4.05. The van der Waals surface area contributed by atoms with Crippen LogP contribution in [0.2, 0.25) is 0 Å². The standard InChI is InChI=1S/C20H24N5O4/c1-12-9-23(14-5-7-15(29-4)8-6-14)19-21-17-16(24(19)10-12)18(27)25(11-13(2)26)20(28)22(17)3/h5-8,12,16H,9-11H2,1-4H3/q+1. The topological polar surface area (TPSA) is 85.5 Å². The summed E-state index contributed by atoms with van der Waals surface area (Å²) in [6.45, 7) is 4.63. The summed E-state index contributed by atoms with van der Waals surface area (Å²) in [5.74, 6) is 1.43. The molecule has 2 atom stereocenters. The second kappa shape index (κ2) is 6.98. The van der Waals surface area contributed by atoms with Gasteiger partial charge >= 0.3 is 12.0 Å². The number of carbonyl (C=O) groups is 3. The minimum Gasteiger partial charge on any atom is -0.497 e. The van der Waals surface area contributed by atoms with Crippen LogP contribution in [0.5, 0.6) is 5.75 Å². The Morgan fingerprint density at radius 1 is 1.28 bits per heavy atom. The summed E-state index contributed by atoms with van der Waals surface area (Å²) in [5.41, 5.74) is 0.933. The number of methoxy groups -OCH3 is 1. The number of hydrogen-bond donors (Lipinski definition) is 0. The molecule has 3 aliphatic rings. The second-order valence-electron chi connectivity index (χ2n) is 7.71. The number of benzene rings is 1. The first-order chi connectivity index (χ1) is 13.8. The predicted molar refractivity (Wildman–Crippen MR) is 106 cm³/mol. The molecule has 29 heavy (non-hydrogen) atoms. The van der Waals surface area contributed by atoms with Gasteiger partial charge in [-0.1, -0.05) is 11.9 Å². The van der Waals surface area contributed by atoms with Crippen molar-refractivity contribution in [1.82, 2.24) is 9.80 Å². The van der Waals surface area contributed by atoms with Crippen LogP contribution in [-0.4, -0.2) is 83.7 Å². The highest BCUT2D eigenvalue weighted by Crippen LogP contribution is 2.29. The first-order valence-corrected chi connectivity index (χ1v) is 9.54. The minimum absolute atomic E-state index is 0.229. The summed E-state index contributed by atoms with van der Waals surface area (Å²) in [6, 6.07) is 6.43. The third-order valence-corrected chi connectivity index (χ3v) is 5.40. The summed E-state index contributed by atoms with van der Waals surface area (Å²) in [4.78, 5) is 46.5. The molecule has 3 aliphatic heterocycles. The molecular weight excluding hydrogens is 374 g/mol. The highest BCUT2D eigenvalue weighted by Gasteiger charge is 2.55. The Morgan fingerprint density at radius 2 is 1.97 bits per heavy atom. The number of ketones is 1. The van der Waals surface area contributed by atoms with Crippen molar-refractivity contribution in [3.63, 3.8) is 0 Å². The molecule has 4 rings (SSSR count). The van der Waals surface area contributed by atoms with Gasteiger partial charge in [0.15, 0.2) is 0 Å².